The van der Waals surface area contributed by atoms with E-state index in [1.54, 1.807) is 0 Å². The van der Waals surface area contributed by atoms with E-state index in [9.17, 15) is 70.3 Å². The number of hydrogen-bond acceptors (Lipinski definition) is 14. The number of aromatic carboxylic acids is 2. The highest BCUT2D eigenvalue weighted by Crippen LogP contribution is 2.34. The Morgan fingerprint density at radius 1 is 0.472 bits per heavy atom. The fourth-order valence-electron chi connectivity index (χ4n) is 2.42. The monoisotopic (exact) mass is 514 g/mol. The maximum Gasteiger partial charge on any atom is 0.349 e. The second-order valence-corrected chi connectivity index (χ2v) is 5.87. The molecule has 2 aromatic carbocycles. The third kappa shape index (κ3) is 5.97. The number of carbonyl (C=O) groups is 2. The van der Waals surface area contributed by atoms with E-state index >= 15 is 0 Å². The zero-order valence-electron chi connectivity index (χ0n) is 16.6. The summed E-state index contributed by atoms with van der Waals surface area (Å²) >= 11 is 0. The zero-order valence-corrected chi connectivity index (χ0v) is 16.6. The molecule has 22 heteroatoms. The van der Waals surface area contributed by atoms with Crippen LogP contribution in [0, 0.1) is 60.7 Å². The second-order valence-electron chi connectivity index (χ2n) is 5.87. The van der Waals surface area contributed by atoms with Crippen molar-refractivity contribution < 1.29 is 49.3 Å². The molecule has 0 spiro atoms. The smallest absolute Gasteiger partial charge is 0.349 e. The van der Waals surface area contributed by atoms with E-state index in [-0.39, 0.29) is 0 Å². The molecule has 2 rings (SSSR count). The molecule has 0 radical (unpaired) electrons. The average Bonchev–Trinajstić information content (AvgIpc) is 2.76. The molecule has 2 N–H and O–H groups in total. The lowest BCUT2D eigenvalue weighted by Gasteiger charge is -2.00. The van der Waals surface area contributed by atoms with Gasteiger partial charge in [-0.05, 0) is 0 Å². The van der Waals surface area contributed by atoms with Crippen molar-refractivity contribution in [3.8, 4) is 0 Å². The summed E-state index contributed by atoms with van der Waals surface area (Å²) in [5.41, 5.74) is -9.08. The van der Waals surface area contributed by atoms with E-state index in [1.165, 1.54) is 0 Å². The van der Waals surface area contributed by atoms with Crippen LogP contribution in [0.3, 0.4) is 0 Å². The van der Waals surface area contributed by atoms with Gasteiger partial charge < -0.3 is 10.2 Å². The first kappa shape index (κ1) is 27.8. The summed E-state index contributed by atoms with van der Waals surface area (Å²) < 4.78 is 0. The molecule has 0 saturated carbocycles. The molecular weight excluding hydrogens is 508 g/mol. The van der Waals surface area contributed by atoms with Gasteiger partial charge in [0.1, 0.15) is 0 Å². The summed E-state index contributed by atoms with van der Waals surface area (Å²) in [6.45, 7) is 0. The van der Waals surface area contributed by atoms with Gasteiger partial charge in [0.15, 0.2) is 0 Å². The molecule has 0 bridgehead atoms. The minimum absolute atomic E-state index is 0.358. The van der Waals surface area contributed by atoms with Gasteiger partial charge in [0.2, 0.25) is 11.1 Å². The van der Waals surface area contributed by atoms with Gasteiger partial charge >= 0.3 is 11.9 Å². The van der Waals surface area contributed by atoms with Crippen LogP contribution in [0.1, 0.15) is 20.7 Å². The van der Waals surface area contributed by atoms with Crippen molar-refractivity contribution >= 4 is 46.1 Å². The molecule has 22 nitrogen and oxygen atoms in total. The van der Waals surface area contributed by atoms with Gasteiger partial charge in [-0.1, -0.05) is 0 Å². The van der Waals surface area contributed by atoms with Crippen molar-refractivity contribution in [3.05, 3.63) is 96.1 Å². The molecule has 0 unspecified atom stereocenters. The van der Waals surface area contributed by atoms with Crippen molar-refractivity contribution in [2.24, 2.45) is 0 Å². The highest BCUT2D eigenvalue weighted by Gasteiger charge is 2.35. The van der Waals surface area contributed by atoms with Gasteiger partial charge in [-0.2, -0.15) is 0 Å². The van der Waals surface area contributed by atoms with Gasteiger partial charge in [-0.25, -0.2) is 9.59 Å². The predicted molar refractivity (Wildman–Crippen MR) is 107 cm³/mol. The second kappa shape index (κ2) is 10.6. The zero-order chi connectivity index (χ0) is 28.1. The third-order valence-corrected chi connectivity index (χ3v) is 3.80. The van der Waals surface area contributed by atoms with Crippen molar-refractivity contribution in [2.75, 3.05) is 0 Å². The van der Waals surface area contributed by atoms with Crippen molar-refractivity contribution in [1.29, 1.82) is 0 Å². The number of carboxylic acid groups (broad SMARTS) is 2. The summed E-state index contributed by atoms with van der Waals surface area (Å²) in [7, 11) is 0. The lowest BCUT2D eigenvalue weighted by molar-refractivity contribution is -0.403. The Kier molecular flexibility index (Phi) is 8.19. The molecule has 36 heavy (non-hydrogen) atoms. The highest BCUT2D eigenvalue weighted by molar-refractivity contribution is 5.98. The Bertz CT molecular complexity index is 1190. The van der Waals surface area contributed by atoms with E-state index in [0.29, 0.717) is 24.3 Å². The third-order valence-electron chi connectivity index (χ3n) is 3.80. The fourth-order valence-corrected chi connectivity index (χ4v) is 2.42. The van der Waals surface area contributed by atoms with Crippen LogP contribution in [0.4, 0.5) is 34.1 Å². The fraction of sp³-hybridized carbons (Fsp3) is 0. The summed E-state index contributed by atoms with van der Waals surface area (Å²) in [5, 5.41) is 80.6. The number of benzene rings is 2. The van der Waals surface area contributed by atoms with E-state index in [2.05, 4.69) is 0 Å². The van der Waals surface area contributed by atoms with Crippen molar-refractivity contribution in [3.63, 3.8) is 0 Å². The Hall–Kier alpha value is -6.22. The maximum absolute atomic E-state index is 10.8. The van der Waals surface area contributed by atoms with Crippen LogP contribution in [0.2, 0.25) is 0 Å². The molecule has 188 valence electrons. The molecular formula is C14H6N6O16. The first-order chi connectivity index (χ1) is 16.5. The van der Waals surface area contributed by atoms with E-state index < -0.39 is 86.7 Å². The first-order valence-electron chi connectivity index (χ1n) is 8.20. The quantitative estimate of drug-likeness (QED) is 0.376. The van der Waals surface area contributed by atoms with E-state index in [4.69, 9.17) is 10.2 Å². The molecule has 0 saturated heterocycles. The highest BCUT2D eigenvalue weighted by atomic mass is 16.6. The van der Waals surface area contributed by atoms with E-state index in [0.717, 1.165) is 0 Å². The first-order valence-corrected chi connectivity index (χ1v) is 8.20. The number of nitrogens with zero attached hydrogens (tertiary/aromatic N) is 6. The normalized spacial score (nSPS) is 9.78. The van der Waals surface area contributed by atoms with Crippen LogP contribution in [0.5, 0.6) is 0 Å². The Morgan fingerprint density at radius 2 is 0.667 bits per heavy atom. The van der Waals surface area contributed by atoms with Crippen molar-refractivity contribution in [1.82, 2.24) is 0 Å². The minimum atomic E-state index is -1.91. The van der Waals surface area contributed by atoms with Crippen LogP contribution >= 0.6 is 0 Å². The summed E-state index contributed by atoms with van der Waals surface area (Å²) in [4.78, 5) is 77.6. The molecule has 0 fully saturated rings. The topological polar surface area (TPSA) is 333 Å². The SMILES string of the molecule is O=C(O)c1c([N+](=O)[O-])cc([N+](=O)[O-])cc1[N+](=O)[O-].O=C(O)c1c([N+](=O)[O-])cc([N+](=O)[O-])cc1[N+](=O)[O-]. The van der Waals surface area contributed by atoms with Crippen LogP contribution in [-0.2, 0) is 0 Å². The number of non-ortho nitro benzene ring substituents is 2. The summed E-state index contributed by atoms with van der Waals surface area (Å²) in [6, 6.07) is 1.43. The van der Waals surface area contributed by atoms with Crippen LogP contribution in [0.15, 0.2) is 24.3 Å². The maximum atomic E-state index is 10.8. The minimum Gasteiger partial charge on any atom is -0.477 e. The van der Waals surface area contributed by atoms with Crippen LogP contribution < -0.4 is 0 Å². The average molecular weight is 514 g/mol. The van der Waals surface area contributed by atoms with Crippen molar-refractivity contribution in [2.45, 2.75) is 0 Å². The largest absolute Gasteiger partial charge is 0.477 e. The van der Waals surface area contributed by atoms with Gasteiger partial charge in [0.25, 0.3) is 34.1 Å². The molecule has 0 aliphatic heterocycles. The number of hydrogen-bond donors (Lipinski definition) is 2. The predicted octanol–water partition coefficient (Wildman–Crippen LogP) is 2.22. The molecule has 0 aliphatic carbocycles. The van der Waals surface area contributed by atoms with Gasteiger partial charge in [0, 0.05) is 0 Å². The summed E-state index contributed by atoms with van der Waals surface area (Å²) in [5.74, 6) is -3.83. The molecule has 2 aromatic rings. The molecule has 0 amide bonds. The van der Waals surface area contributed by atoms with Crippen LogP contribution in [-0.4, -0.2) is 51.7 Å². The van der Waals surface area contributed by atoms with Gasteiger partial charge in [-0.3, -0.25) is 60.7 Å². The molecule has 0 atom stereocenters. The standard InChI is InChI=1S/2C7H3N3O8/c2*11-7(12)6-4(9(15)16)1-3(8(13)14)2-5(6)10(17)18/h2*1-2H,(H,11,12). The number of rotatable bonds is 8. The Labute approximate surface area is 192 Å². The lowest BCUT2D eigenvalue weighted by atomic mass is 10.1. The number of nitro benzene ring substituents is 6. The Morgan fingerprint density at radius 3 is 0.778 bits per heavy atom. The Balaban J connectivity index is 0.000000360. The van der Waals surface area contributed by atoms with Gasteiger partial charge in [-0.15, -0.1) is 0 Å². The molecule has 0 aromatic heterocycles. The molecule has 0 heterocycles. The lowest BCUT2D eigenvalue weighted by Crippen LogP contribution is -2.08. The van der Waals surface area contributed by atoms with Crippen LogP contribution in [0.25, 0.3) is 0 Å². The molecule has 0 aliphatic rings. The van der Waals surface area contributed by atoms with Gasteiger partial charge in [0.05, 0.1) is 53.8 Å². The van der Waals surface area contributed by atoms with E-state index in [1.807, 2.05) is 0 Å². The number of nitro groups is 6. The number of carboxylic acids is 2. The summed E-state index contributed by atoms with van der Waals surface area (Å²) in [6.07, 6.45) is 0.